The van der Waals surface area contributed by atoms with E-state index in [1.165, 1.54) is 49.0 Å². The highest BCUT2D eigenvalue weighted by Crippen LogP contribution is 2.30. The van der Waals surface area contributed by atoms with Crippen molar-refractivity contribution in [3.63, 3.8) is 0 Å². The fourth-order valence-electron chi connectivity index (χ4n) is 2.90. The fourth-order valence-corrected chi connectivity index (χ4v) is 2.90. The highest BCUT2D eigenvalue weighted by Gasteiger charge is 2.20. The average molecular weight is 232 g/mol. The van der Waals surface area contributed by atoms with Crippen LogP contribution >= 0.6 is 0 Å². The van der Waals surface area contributed by atoms with Crippen molar-refractivity contribution in [2.24, 2.45) is 5.73 Å². The van der Waals surface area contributed by atoms with E-state index in [1.807, 2.05) is 0 Å². The van der Waals surface area contributed by atoms with Gasteiger partial charge in [-0.25, -0.2) is 0 Å². The van der Waals surface area contributed by atoms with Gasteiger partial charge >= 0.3 is 0 Å². The Morgan fingerprint density at radius 3 is 2.88 bits per heavy atom. The number of aryl methyl sites for hydroxylation is 1. The molecule has 17 heavy (non-hydrogen) atoms. The predicted octanol–water partition coefficient (Wildman–Crippen LogP) is 3.22. The molecular formula is C15H24N2. The van der Waals surface area contributed by atoms with Crippen molar-refractivity contribution in [1.29, 1.82) is 0 Å². The second-order valence-electron chi connectivity index (χ2n) is 5.18. The van der Waals surface area contributed by atoms with E-state index in [-0.39, 0.29) is 0 Å². The Bertz CT molecular complexity index is 373. The highest BCUT2D eigenvalue weighted by molar-refractivity contribution is 5.60. The Kier molecular flexibility index (Phi) is 4.06. The van der Waals surface area contributed by atoms with E-state index in [4.69, 9.17) is 5.73 Å². The number of rotatable bonds is 2. The Balaban J connectivity index is 2.36. The van der Waals surface area contributed by atoms with Gasteiger partial charge in [-0.2, -0.15) is 0 Å². The SMILES string of the molecule is Cc1cccc(CN)c1N1CCCCCC1C. The molecule has 2 rings (SSSR count). The molecule has 1 aromatic rings. The molecule has 2 nitrogen and oxygen atoms in total. The van der Waals surface area contributed by atoms with Crippen molar-refractivity contribution in [3.05, 3.63) is 29.3 Å². The molecule has 0 bridgehead atoms. The number of para-hydroxylation sites is 1. The third kappa shape index (κ3) is 2.63. The minimum atomic E-state index is 0.639. The van der Waals surface area contributed by atoms with Gasteiger partial charge in [0.2, 0.25) is 0 Å². The van der Waals surface area contributed by atoms with Crippen LogP contribution in [0.2, 0.25) is 0 Å². The number of hydrogen-bond donors (Lipinski definition) is 1. The van der Waals surface area contributed by atoms with Crippen molar-refractivity contribution in [2.45, 2.75) is 52.1 Å². The number of nitrogens with two attached hydrogens (primary N) is 1. The summed E-state index contributed by atoms with van der Waals surface area (Å²) in [5.41, 5.74) is 9.93. The van der Waals surface area contributed by atoms with E-state index < -0.39 is 0 Å². The lowest BCUT2D eigenvalue weighted by Gasteiger charge is -2.32. The molecule has 1 heterocycles. The van der Waals surface area contributed by atoms with Crippen LogP contribution in [0.1, 0.15) is 43.7 Å². The van der Waals surface area contributed by atoms with Crippen LogP contribution in [0.4, 0.5) is 5.69 Å². The Morgan fingerprint density at radius 1 is 1.29 bits per heavy atom. The van der Waals surface area contributed by atoms with E-state index in [0.717, 1.165) is 0 Å². The molecule has 1 saturated heterocycles. The van der Waals surface area contributed by atoms with Crippen LogP contribution in [-0.2, 0) is 6.54 Å². The first kappa shape index (κ1) is 12.4. The molecule has 1 fully saturated rings. The lowest BCUT2D eigenvalue weighted by Crippen LogP contribution is -2.34. The van der Waals surface area contributed by atoms with E-state index in [2.05, 4.69) is 36.9 Å². The number of benzene rings is 1. The summed E-state index contributed by atoms with van der Waals surface area (Å²) in [7, 11) is 0. The van der Waals surface area contributed by atoms with Crippen molar-refractivity contribution < 1.29 is 0 Å². The monoisotopic (exact) mass is 232 g/mol. The van der Waals surface area contributed by atoms with Crippen LogP contribution < -0.4 is 10.6 Å². The number of anilines is 1. The van der Waals surface area contributed by atoms with E-state index >= 15 is 0 Å². The third-order valence-electron chi connectivity index (χ3n) is 3.88. The summed E-state index contributed by atoms with van der Waals surface area (Å²) in [4.78, 5) is 2.57. The molecule has 1 atom stereocenters. The summed E-state index contributed by atoms with van der Waals surface area (Å²) in [5.74, 6) is 0. The topological polar surface area (TPSA) is 29.3 Å². The Labute approximate surface area is 105 Å². The normalized spacial score (nSPS) is 21.4. The van der Waals surface area contributed by atoms with E-state index in [1.54, 1.807) is 0 Å². The molecule has 2 N–H and O–H groups in total. The molecule has 0 aliphatic carbocycles. The van der Waals surface area contributed by atoms with Gasteiger partial charge in [0.1, 0.15) is 0 Å². The van der Waals surface area contributed by atoms with Gasteiger partial charge in [-0.05, 0) is 37.8 Å². The molecule has 0 spiro atoms. The van der Waals surface area contributed by atoms with Crippen LogP contribution in [0.5, 0.6) is 0 Å². The number of hydrogen-bond acceptors (Lipinski definition) is 2. The second kappa shape index (κ2) is 5.54. The average Bonchev–Trinajstić information content (AvgIpc) is 2.54. The zero-order chi connectivity index (χ0) is 12.3. The van der Waals surface area contributed by atoms with Crippen LogP contribution in [0.25, 0.3) is 0 Å². The first-order valence-corrected chi connectivity index (χ1v) is 6.79. The summed E-state index contributed by atoms with van der Waals surface area (Å²) in [6.45, 7) is 6.36. The maximum Gasteiger partial charge on any atom is 0.0443 e. The minimum absolute atomic E-state index is 0.639. The maximum atomic E-state index is 5.88. The molecule has 1 aromatic carbocycles. The van der Waals surface area contributed by atoms with E-state index in [0.29, 0.717) is 12.6 Å². The van der Waals surface area contributed by atoms with Crippen LogP contribution in [0, 0.1) is 6.92 Å². The lowest BCUT2D eigenvalue weighted by atomic mass is 10.0. The minimum Gasteiger partial charge on any atom is -0.368 e. The summed E-state index contributed by atoms with van der Waals surface area (Å²) >= 11 is 0. The van der Waals surface area contributed by atoms with Crippen LogP contribution in [-0.4, -0.2) is 12.6 Å². The molecule has 2 heteroatoms. The molecule has 0 amide bonds. The Morgan fingerprint density at radius 2 is 2.12 bits per heavy atom. The molecule has 1 unspecified atom stereocenters. The zero-order valence-electron chi connectivity index (χ0n) is 11.1. The van der Waals surface area contributed by atoms with Gasteiger partial charge in [-0.3, -0.25) is 0 Å². The Hall–Kier alpha value is -1.02. The van der Waals surface area contributed by atoms with Crippen molar-refractivity contribution in [2.75, 3.05) is 11.4 Å². The first-order chi connectivity index (χ1) is 8.24. The molecule has 1 aliphatic rings. The molecule has 94 valence electrons. The molecule has 0 radical (unpaired) electrons. The summed E-state index contributed by atoms with van der Waals surface area (Å²) < 4.78 is 0. The van der Waals surface area contributed by atoms with Crippen molar-refractivity contribution in [3.8, 4) is 0 Å². The molecular weight excluding hydrogens is 208 g/mol. The fraction of sp³-hybridized carbons (Fsp3) is 0.600. The molecule has 0 aromatic heterocycles. The van der Waals surface area contributed by atoms with Gasteiger partial charge in [-0.15, -0.1) is 0 Å². The van der Waals surface area contributed by atoms with Crippen LogP contribution in [0.15, 0.2) is 18.2 Å². The van der Waals surface area contributed by atoms with Gasteiger partial charge in [-0.1, -0.05) is 31.0 Å². The van der Waals surface area contributed by atoms with Gasteiger partial charge in [0.15, 0.2) is 0 Å². The quantitative estimate of drug-likeness (QED) is 0.848. The first-order valence-electron chi connectivity index (χ1n) is 6.79. The summed E-state index contributed by atoms with van der Waals surface area (Å²) in [6, 6.07) is 7.12. The standard InChI is InChI=1S/C15H24N2/c1-12-7-6-9-14(11-16)15(12)17-10-5-3-4-8-13(17)2/h6-7,9,13H,3-5,8,10-11,16H2,1-2H3. The van der Waals surface area contributed by atoms with Crippen molar-refractivity contribution in [1.82, 2.24) is 0 Å². The zero-order valence-corrected chi connectivity index (χ0v) is 11.1. The predicted molar refractivity (Wildman–Crippen MR) is 74.3 cm³/mol. The smallest absolute Gasteiger partial charge is 0.0443 e. The summed E-state index contributed by atoms with van der Waals surface area (Å²) in [6.07, 6.45) is 5.34. The molecule has 0 saturated carbocycles. The number of nitrogens with zero attached hydrogens (tertiary/aromatic N) is 1. The van der Waals surface area contributed by atoms with Crippen molar-refractivity contribution >= 4 is 5.69 Å². The maximum absolute atomic E-state index is 5.88. The largest absolute Gasteiger partial charge is 0.368 e. The second-order valence-corrected chi connectivity index (χ2v) is 5.18. The van der Waals surface area contributed by atoms with Gasteiger partial charge in [0.25, 0.3) is 0 Å². The van der Waals surface area contributed by atoms with Gasteiger partial charge < -0.3 is 10.6 Å². The summed E-state index contributed by atoms with van der Waals surface area (Å²) in [5, 5.41) is 0. The third-order valence-corrected chi connectivity index (χ3v) is 3.88. The highest BCUT2D eigenvalue weighted by atomic mass is 15.2. The van der Waals surface area contributed by atoms with Crippen LogP contribution in [0.3, 0.4) is 0 Å². The molecule has 1 aliphatic heterocycles. The van der Waals surface area contributed by atoms with E-state index in [9.17, 15) is 0 Å². The van der Waals surface area contributed by atoms with Gasteiger partial charge in [0.05, 0.1) is 0 Å². The lowest BCUT2D eigenvalue weighted by molar-refractivity contribution is 0.613. The van der Waals surface area contributed by atoms with Gasteiger partial charge in [0, 0.05) is 24.8 Å².